The molecule has 0 radical (unpaired) electrons. The van der Waals surface area contributed by atoms with Gasteiger partial charge in [0.15, 0.2) is 0 Å². The molecule has 4 nitrogen and oxygen atoms in total. The number of hydrogen-bond acceptors (Lipinski definition) is 3. The van der Waals surface area contributed by atoms with Gasteiger partial charge in [-0.15, -0.1) is 0 Å². The van der Waals surface area contributed by atoms with Gasteiger partial charge in [0.2, 0.25) is 0 Å². The van der Waals surface area contributed by atoms with Crippen molar-refractivity contribution in [2.45, 2.75) is 38.7 Å². The third-order valence-electron chi connectivity index (χ3n) is 4.42. The van der Waals surface area contributed by atoms with Crippen LogP contribution < -0.4 is 0 Å². The van der Waals surface area contributed by atoms with E-state index in [1.807, 2.05) is 29.9 Å². The van der Waals surface area contributed by atoms with Crippen LogP contribution in [0.3, 0.4) is 0 Å². The molecular weight excluding hydrogens is 369 g/mol. The van der Waals surface area contributed by atoms with Crippen molar-refractivity contribution in [1.82, 2.24) is 14.5 Å². The van der Waals surface area contributed by atoms with Gasteiger partial charge in [-0.25, -0.2) is 4.98 Å². The molecule has 0 N–H and O–H groups in total. The largest absolute Gasteiger partial charge is 0.365 e. The third-order valence-corrected chi connectivity index (χ3v) is 5.27. The van der Waals surface area contributed by atoms with E-state index in [0.717, 1.165) is 49.2 Å². The SMILES string of the molecule is CCCCc1c(C(OCCCN(C)C)c2nccn2C)ccc(Cl)c1Cl. The van der Waals surface area contributed by atoms with E-state index in [9.17, 15) is 0 Å². The molecule has 0 fully saturated rings. The van der Waals surface area contributed by atoms with Crippen LogP contribution in [0, 0.1) is 0 Å². The Morgan fingerprint density at radius 2 is 2.00 bits per heavy atom. The molecule has 0 aliphatic heterocycles. The van der Waals surface area contributed by atoms with E-state index >= 15 is 0 Å². The topological polar surface area (TPSA) is 30.3 Å². The third kappa shape index (κ3) is 5.46. The Bertz CT molecular complexity index is 700. The van der Waals surface area contributed by atoms with Gasteiger partial charge in [-0.2, -0.15) is 0 Å². The quantitative estimate of drug-likeness (QED) is 0.520. The molecule has 6 heteroatoms. The minimum Gasteiger partial charge on any atom is -0.365 e. The molecule has 1 atom stereocenters. The molecule has 0 bridgehead atoms. The molecule has 0 spiro atoms. The highest BCUT2D eigenvalue weighted by atomic mass is 35.5. The molecule has 2 aromatic rings. The number of ether oxygens (including phenoxy) is 1. The zero-order valence-corrected chi connectivity index (χ0v) is 17.6. The molecule has 2 rings (SSSR count). The zero-order chi connectivity index (χ0) is 19.1. The normalized spacial score (nSPS) is 12.7. The Balaban J connectivity index is 2.35. The Morgan fingerprint density at radius 3 is 2.62 bits per heavy atom. The number of aromatic nitrogens is 2. The summed E-state index contributed by atoms with van der Waals surface area (Å²) in [6.45, 7) is 3.81. The molecule has 26 heavy (non-hydrogen) atoms. The maximum absolute atomic E-state index is 6.56. The van der Waals surface area contributed by atoms with Crippen molar-refractivity contribution < 1.29 is 4.74 Å². The highest BCUT2D eigenvalue weighted by Gasteiger charge is 2.24. The van der Waals surface area contributed by atoms with Crippen molar-refractivity contribution in [3.63, 3.8) is 0 Å². The molecular formula is C20H29Cl2N3O. The summed E-state index contributed by atoms with van der Waals surface area (Å²) in [7, 11) is 6.12. The van der Waals surface area contributed by atoms with Gasteiger partial charge >= 0.3 is 0 Å². The van der Waals surface area contributed by atoms with Gasteiger partial charge in [-0.3, -0.25) is 0 Å². The van der Waals surface area contributed by atoms with E-state index < -0.39 is 0 Å². The number of benzene rings is 1. The van der Waals surface area contributed by atoms with Crippen LogP contribution in [0.4, 0.5) is 0 Å². The van der Waals surface area contributed by atoms with Crippen molar-refractivity contribution in [3.8, 4) is 0 Å². The maximum atomic E-state index is 6.56. The molecule has 0 saturated heterocycles. The highest BCUT2D eigenvalue weighted by molar-refractivity contribution is 6.42. The van der Waals surface area contributed by atoms with Gasteiger partial charge in [-0.1, -0.05) is 42.6 Å². The van der Waals surface area contributed by atoms with Crippen LogP contribution in [-0.2, 0) is 18.2 Å². The number of hydrogen-bond donors (Lipinski definition) is 0. The zero-order valence-electron chi connectivity index (χ0n) is 16.1. The summed E-state index contributed by atoms with van der Waals surface area (Å²) in [5, 5.41) is 1.22. The second-order valence-electron chi connectivity index (χ2n) is 6.84. The van der Waals surface area contributed by atoms with Crippen LogP contribution in [-0.4, -0.2) is 41.7 Å². The van der Waals surface area contributed by atoms with E-state index in [2.05, 4.69) is 30.9 Å². The molecule has 0 aliphatic rings. The molecule has 0 saturated carbocycles. The maximum Gasteiger partial charge on any atom is 0.142 e. The average molecular weight is 398 g/mol. The second-order valence-corrected chi connectivity index (χ2v) is 7.62. The summed E-state index contributed by atoms with van der Waals surface area (Å²) >= 11 is 12.8. The van der Waals surface area contributed by atoms with Crippen LogP contribution >= 0.6 is 23.2 Å². The van der Waals surface area contributed by atoms with E-state index in [1.54, 1.807) is 6.20 Å². The first-order valence-electron chi connectivity index (χ1n) is 9.16. The van der Waals surface area contributed by atoms with Gasteiger partial charge in [0.05, 0.1) is 10.0 Å². The number of rotatable bonds is 10. The fraction of sp³-hybridized carbons (Fsp3) is 0.550. The average Bonchev–Trinajstić information content (AvgIpc) is 3.02. The van der Waals surface area contributed by atoms with E-state index in [1.165, 1.54) is 0 Å². The first-order valence-corrected chi connectivity index (χ1v) is 9.91. The van der Waals surface area contributed by atoms with Crippen molar-refractivity contribution in [2.24, 2.45) is 7.05 Å². The monoisotopic (exact) mass is 397 g/mol. The van der Waals surface area contributed by atoms with Crippen LogP contribution in [0.15, 0.2) is 24.5 Å². The lowest BCUT2D eigenvalue weighted by atomic mass is 9.97. The number of unbranched alkanes of at least 4 members (excludes halogenated alkanes) is 1. The van der Waals surface area contributed by atoms with Crippen molar-refractivity contribution >= 4 is 23.2 Å². The minimum absolute atomic E-state index is 0.251. The summed E-state index contributed by atoms with van der Waals surface area (Å²) in [6.07, 6.45) is 7.48. The predicted octanol–water partition coefficient (Wildman–Crippen LogP) is 5.13. The van der Waals surface area contributed by atoms with E-state index in [0.29, 0.717) is 16.7 Å². The van der Waals surface area contributed by atoms with Crippen molar-refractivity contribution in [2.75, 3.05) is 27.2 Å². The Hall–Kier alpha value is -1.07. The Labute approximate surface area is 167 Å². The summed E-state index contributed by atoms with van der Waals surface area (Å²) in [6, 6.07) is 3.89. The summed E-state index contributed by atoms with van der Waals surface area (Å²) in [4.78, 5) is 6.69. The molecule has 0 amide bonds. The molecule has 0 aliphatic carbocycles. The standard InChI is InChI=1S/C20H29Cl2N3O/c1-5-6-8-15-16(9-10-17(21)18(15)22)19(20-23-11-13-25(20)4)26-14-7-12-24(2)3/h9-11,13,19H,5-8,12,14H2,1-4H3. The van der Waals surface area contributed by atoms with Gasteiger partial charge in [0.1, 0.15) is 11.9 Å². The molecule has 1 heterocycles. The lowest BCUT2D eigenvalue weighted by molar-refractivity contribution is 0.0666. The number of nitrogens with zero attached hydrogens (tertiary/aromatic N) is 3. The first-order chi connectivity index (χ1) is 12.5. The van der Waals surface area contributed by atoms with Crippen LogP contribution in [0.5, 0.6) is 0 Å². The fourth-order valence-electron chi connectivity index (χ4n) is 2.98. The van der Waals surface area contributed by atoms with Crippen LogP contribution in [0.2, 0.25) is 10.0 Å². The Kier molecular flexibility index (Phi) is 8.42. The van der Waals surface area contributed by atoms with Gasteiger partial charge in [0.25, 0.3) is 0 Å². The lowest BCUT2D eigenvalue weighted by Crippen LogP contribution is -2.18. The summed E-state index contributed by atoms with van der Waals surface area (Å²) in [5.74, 6) is 0.881. The molecule has 1 aromatic heterocycles. The predicted molar refractivity (Wildman–Crippen MR) is 109 cm³/mol. The Morgan fingerprint density at radius 1 is 1.23 bits per heavy atom. The fourth-order valence-corrected chi connectivity index (χ4v) is 3.42. The first kappa shape index (κ1) is 21.2. The smallest absolute Gasteiger partial charge is 0.142 e. The van der Waals surface area contributed by atoms with Gasteiger partial charge < -0.3 is 14.2 Å². The number of aryl methyl sites for hydroxylation is 1. The minimum atomic E-state index is -0.251. The number of halogens is 2. The van der Waals surface area contributed by atoms with Gasteiger partial charge in [-0.05, 0) is 57.1 Å². The summed E-state index contributed by atoms with van der Waals surface area (Å²) < 4.78 is 8.31. The summed E-state index contributed by atoms with van der Waals surface area (Å²) in [5.41, 5.74) is 2.13. The van der Waals surface area contributed by atoms with Crippen LogP contribution in [0.25, 0.3) is 0 Å². The van der Waals surface area contributed by atoms with Gasteiger partial charge in [0, 0.05) is 26.0 Å². The molecule has 1 unspecified atom stereocenters. The molecule has 1 aromatic carbocycles. The van der Waals surface area contributed by atoms with E-state index in [-0.39, 0.29) is 6.10 Å². The lowest BCUT2D eigenvalue weighted by Gasteiger charge is -2.23. The molecule has 144 valence electrons. The number of imidazole rings is 1. The van der Waals surface area contributed by atoms with E-state index in [4.69, 9.17) is 27.9 Å². The second kappa shape index (κ2) is 10.3. The van der Waals surface area contributed by atoms with Crippen molar-refractivity contribution in [3.05, 3.63) is 51.5 Å². The van der Waals surface area contributed by atoms with Crippen LogP contribution in [0.1, 0.15) is 49.2 Å². The van der Waals surface area contributed by atoms with Crippen molar-refractivity contribution in [1.29, 1.82) is 0 Å². The highest BCUT2D eigenvalue weighted by Crippen LogP contribution is 2.36.